The SMILES string of the molecule is O=C(c1cnc(C2CC2)o1)N1CCC(O)(Cn2cnc3c(cc(Cl)n3-c3ccc(F)cc3)c2=O)CC1. The van der Waals surface area contributed by atoms with E-state index in [1.807, 2.05) is 0 Å². The molecule has 11 heteroatoms. The minimum absolute atomic E-state index is 0.0320. The zero-order valence-corrected chi connectivity index (χ0v) is 20.0. The predicted molar refractivity (Wildman–Crippen MR) is 129 cm³/mol. The second-order valence-corrected chi connectivity index (χ2v) is 9.93. The summed E-state index contributed by atoms with van der Waals surface area (Å²) in [7, 11) is 0. The van der Waals surface area contributed by atoms with Gasteiger partial charge in [0.1, 0.15) is 17.3 Å². The van der Waals surface area contributed by atoms with Crippen molar-refractivity contribution >= 4 is 28.5 Å². The third kappa shape index (κ3) is 4.10. The molecule has 6 rings (SSSR count). The Bertz CT molecular complexity index is 1510. The molecule has 1 amide bonds. The van der Waals surface area contributed by atoms with Gasteiger partial charge in [-0.15, -0.1) is 0 Å². The van der Waals surface area contributed by atoms with E-state index in [1.54, 1.807) is 21.6 Å². The quantitative estimate of drug-likeness (QED) is 0.439. The zero-order valence-electron chi connectivity index (χ0n) is 19.2. The molecule has 2 aliphatic rings. The molecule has 1 saturated carbocycles. The maximum atomic E-state index is 13.3. The number of aliphatic hydroxyl groups is 1. The van der Waals surface area contributed by atoms with Gasteiger partial charge in [-0.2, -0.15) is 0 Å². The topological polar surface area (TPSA) is 106 Å². The number of hydrogen-bond donors (Lipinski definition) is 1. The van der Waals surface area contributed by atoms with Gasteiger partial charge < -0.3 is 14.4 Å². The van der Waals surface area contributed by atoms with Crippen LogP contribution in [0.3, 0.4) is 0 Å². The molecule has 1 aliphatic carbocycles. The lowest BCUT2D eigenvalue weighted by molar-refractivity contribution is -0.0304. The number of carbonyl (C=O) groups excluding carboxylic acids is 1. The summed E-state index contributed by atoms with van der Waals surface area (Å²) in [5.41, 5.74) is -0.602. The van der Waals surface area contributed by atoms with Crippen LogP contribution in [-0.4, -0.2) is 53.7 Å². The van der Waals surface area contributed by atoms with Gasteiger partial charge in [0.15, 0.2) is 11.5 Å². The molecule has 1 aromatic carbocycles. The van der Waals surface area contributed by atoms with Crippen LogP contribution in [0.4, 0.5) is 4.39 Å². The Morgan fingerprint density at radius 2 is 1.92 bits per heavy atom. The normalized spacial score (nSPS) is 17.6. The minimum atomic E-state index is -1.18. The van der Waals surface area contributed by atoms with Crippen LogP contribution < -0.4 is 5.56 Å². The Morgan fingerprint density at radius 3 is 2.61 bits per heavy atom. The first-order valence-electron chi connectivity index (χ1n) is 11.8. The molecule has 186 valence electrons. The summed E-state index contributed by atoms with van der Waals surface area (Å²) in [6.45, 7) is 0.683. The zero-order chi connectivity index (χ0) is 25.0. The second-order valence-electron chi connectivity index (χ2n) is 9.55. The fraction of sp³-hybridized carbons (Fsp3) is 0.360. The summed E-state index contributed by atoms with van der Waals surface area (Å²) in [5.74, 6) is 0.531. The highest BCUT2D eigenvalue weighted by molar-refractivity contribution is 6.31. The van der Waals surface area contributed by atoms with E-state index in [0.717, 1.165) is 12.8 Å². The van der Waals surface area contributed by atoms with Gasteiger partial charge in [-0.25, -0.2) is 14.4 Å². The van der Waals surface area contributed by atoms with Gasteiger partial charge in [-0.1, -0.05) is 11.6 Å². The summed E-state index contributed by atoms with van der Waals surface area (Å²) in [5, 5.41) is 11.8. The summed E-state index contributed by atoms with van der Waals surface area (Å²) < 4.78 is 21.9. The minimum Gasteiger partial charge on any atom is -0.435 e. The number of rotatable bonds is 5. The summed E-state index contributed by atoms with van der Waals surface area (Å²) >= 11 is 6.39. The van der Waals surface area contributed by atoms with E-state index < -0.39 is 5.60 Å². The number of carbonyl (C=O) groups is 1. The van der Waals surface area contributed by atoms with Crippen molar-refractivity contribution in [2.75, 3.05) is 13.1 Å². The molecule has 0 bridgehead atoms. The van der Waals surface area contributed by atoms with E-state index in [0.29, 0.717) is 54.5 Å². The summed E-state index contributed by atoms with van der Waals surface area (Å²) in [4.78, 5) is 36.3. The number of piperidine rings is 1. The Balaban J connectivity index is 1.18. The van der Waals surface area contributed by atoms with Crippen LogP contribution in [-0.2, 0) is 6.54 Å². The lowest BCUT2D eigenvalue weighted by atomic mass is 9.91. The molecular formula is C25H23ClFN5O4. The van der Waals surface area contributed by atoms with Crippen molar-refractivity contribution in [3.63, 3.8) is 0 Å². The van der Waals surface area contributed by atoms with Crippen molar-refractivity contribution in [3.05, 3.63) is 75.8 Å². The van der Waals surface area contributed by atoms with Crippen LogP contribution in [0.1, 0.15) is 48.0 Å². The maximum Gasteiger partial charge on any atom is 0.291 e. The van der Waals surface area contributed by atoms with Gasteiger partial charge in [0, 0.05) is 24.7 Å². The molecule has 0 radical (unpaired) electrons. The smallest absolute Gasteiger partial charge is 0.291 e. The Labute approximate surface area is 209 Å². The number of fused-ring (bicyclic) bond motifs is 1. The van der Waals surface area contributed by atoms with Crippen molar-refractivity contribution in [2.24, 2.45) is 0 Å². The maximum absolute atomic E-state index is 13.3. The van der Waals surface area contributed by atoms with Crippen molar-refractivity contribution in [3.8, 4) is 5.69 Å². The molecular weight excluding hydrogens is 489 g/mol. The number of oxazole rings is 1. The van der Waals surface area contributed by atoms with Crippen LogP contribution in [0.15, 0.2) is 52.1 Å². The van der Waals surface area contributed by atoms with E-state index >= 15 is 0 Å². The summed E-state index contributed by atoms with van der Waals surface area (Å²) in [6, 6.07) is 7.23. The summed E-state index contributed by atoms with van der Waals surface area (Å²) in [6.07, 6.45) is 5.52. The number of benzene rings is 1. The van der Waals surface area contributed by atoms with Crippen LogP contribution in [0.25, 0.3) is 16.7 Å². The lowest BCUT2D eigenvalue weighted by Crippen LogP contribution is -2.49. The number of amides is 1. The Kier molecular flexibility index (Phi) is 5.45. The van der Waals surface area contributed by atoms with Gasteiger partial charge >= 0.3 is 0 Å². The molecule has 36 heavy (non-hydrogen) atoms. The molecule has 4 heterocycles. The van der Waals surface area contributed by atoms with E-state index in [9.17, 15) is 19.1 Å². The molecule has 0 spiro atoms. The van der Waals surface area contributed by atoms with Gasteiger partial charge in [-0.3, -0.25) is 18.7 Å². The molecule has 2 fully saturated rings. The number of likely N-dealkylation sites (tertiary alicyclic amines) is 1. The molecule has 9 nitrogen and oxygen atoms in total. The fourth-order valence-corrected chi connectivity index (χ4v) is 4.98. The highest BCUT2D eigenvalue weighted by atomic mass is 35.5. The molecule has 1 aliphatic heterocycles. The van der Waals surface area contributed by atoms with Gasteiger partial charge in [0.25, 0.3) is 11.5 Å². The van der Waals surface area contributed by atoms with Crippen LogP contribution in [0.2, 0.25) is 5.15 Å². The third-order valence-electron chi connectivity index (χ3n) is 6.93. The van der Waals surface area contributed by atoms with E-state index in [1.165, 1.54) is 35.3 Å². The monoisotopic (exact) mass is 511 g/mol. The Morgan fingerprint density at radius 1 is 1.19 bits per heavy atom. The first-order valence-corrected chi connectivity index (χ1v) is 12.2. The van der Waals surface area contributed by atoms with Crippen LogP contribution in [0, 0.1) is 5.82 Å². The highest BCUT2D eigenvalue weighted by Gasteiger charge is 2.36. The standard InChI is InChI=1S/C25H23ClFN5O4/c26-20-11-18-21(32(20)17-5-3-16(27)4-6-17)29-14-31(23(18)33)13-25(35)7-9-30(10-8-25)24(34)19-12-28-22(36-19)15-1-2-15/h3-6,11-12,14-15,35H,1-2,7-10,13H2. The number of aromatic nitrogens is 4. The molecule has 3 aromatic heterocycles. The van der Waals surface area contributed by atoms with E-state index in [-0.39, 0.29) is 34.7 Å². The number of hydrogen-bond acceptors (Lipinski definition) is 6. The average Bonchev–Trinajstić information content (AvgIpc) is 3.49. The number of nitrogens with zero attached hydrogens (tertiary/aromatic N) is 5. The Hall–Kier alpha value is -3.50. The first-order chi connectivity index (χ1) is 17.3. The third-order valence-corrected chi connectivity index (χ3v) is 7.21. The first kappa shape index (κ1) is 22.9. The van der Waals surface area contributed by atoms with Crippen LogP contribution >= 0.6 is 11.6 Å². The van der Waals surface area contributed by atoms with Gasteiger partial charge in [-0.05, 0) is 56.0 Å². The predicted octanol–water partition coefficient (Wildman–Crippen LogP) is 3.51. The second kappa shape index (κ2) is 8.56. The van der Waals surface area contributed by atoms with Crippen LogP contribution in [0.5, 0.6) is 0 Å². The fourth-order valence-electron chi connectivity index (χ4n) is 4.70. The van der Waals surface area contributed by atoms with E-state index in [4.69, 9.17) is 16.0 Å². The molecule has 1 saturated heterocycles. The molecule has 4 aromatic rings. The molecule has 0 unspecified atom stereocenters. The van der Waals surface area contributed by atoms with Crippen molar-refractivity contribution in [1.29, 1.82) is 0 Å². The van der Waals surface area contributed by atoms with Crippen molar-refractivity contribution in [1.82, 2.24) is 24.0 Å². The van der Waals surface area contributed by atoms with Crippen molar-refractivity contribution < 1.29 is 18.7 Å². The average molecular weight is 512 g/mol. The van der Waals surface area contributed by atoms with Gasteiger partial charge in [0.05, 0.1) is 23.7 Å². The largest absolute Gasteiger partial charge is 0.435 e. The lowest BCUT2D eigenvalue weighted by Gasteiger charge is -2.38. The van der Waals surface area contributed by atoms with Crippen molar-refractivity contribution in [2.45, 2.75) is 43.7 Å². The van der Waals surface area contributed by atoms with Gasteiger partial charge in [0.2, 0.25) is 5.76 Å². The molecule has 0 atom stereocenters. The highest BCUT2D eigenvalue weighted by Crippen LogP contribution is 2.39. The molecule has 1 N–H and O–H groups in total. The number of halogens is 2. The van der Waals surface area contributed by atoms with E-state index in [2.05, 4.69) is 9.97 Å².